The van der Waals surface area contributed by atoms with Crippen molar-refractivity contribution >= 4 is 45.5 Å². The number of benzene rings is 2. The van der Waals surface area contributed by atoms with Gasteiger partial charge in [-0.1, -0.05) is 59.5 Å². The number of nitrogens with one attached hydrogen (secondary N) is 2. The van der Waals surface area contributed by atoms with Gasteiger partial charge in [-0.05, 0) is 23.8 Å². The molecule has 7 heteroatoms. The fourth-order valence-corrected chi connectivity index (χ4v) is 3.77. The largest absolute Gasteiger partial charge is 0.330 e. The number of anilines is 3. The van der Waals surface area contributed by atoms with Gasteiger partial charge in [-0.2, -0.15) is 0 Å². The summed E-state index contributed by atoms with van der Waals surface area (Å²) in [7, 11) is 0. The van der Waals surface area contributed by atoms with Crippen molar-refractivity contribution in [1.29, 1.82) is 0 Å². The third kappa shape index (κ3) is 4.81. The fraction of sp³-hybridized carbons (Fsp3) is 0.118. The van der Waals surface area contributed by atoms with Crippen LogP contribution in [0.1, 0.15) is 12.5 Å². The van der Waals surface area contributed by atoms with Gasteiger partial charge in [0.1, 0.15) is 0 Å². The zero-order valence-corrected chi connectivity index (χ0v) is 14.7. The Morgan fingerprint density at radius 1 is 1.08 bits per heavy atom. The Morgan fingerprint density at radius 2 is 1.88 bits per heavy atom. The minimum Gasteiger partial charge on any atom is -0.330 e. The number of carbonyl (C=O) groups excluding carboxylic acids is 1. The zero-order valence-electron chi connectivity index (χ0n) is 13.0. The second-order valence-electron chi connectivity index (χ2n) is 5.03. The summed E-state index contributed by atoms with van der Waals surface area (Å²) in [5.41, 5.74) is 2.86. The molecule has 0 atom stereocenters. The van der Waals surface area contributed by atoms with Crippen LogP contribution in [0, 0.1) is 0 Å². The van der Waals surface area contributed by atoms with Crippen LogP contribution in [0.5, 0.6) is 0 Å². The van der Waals surface area contributed by atoms with E-state index in [1.807, 2.05) is 42.5 Å². The Hall–Kier alpha value is -2.38. The number of hydrogen-bond acceptors (Lipinski definition) is 6. The molecular formula is C17H16N4OS2. The lowest BCUT2D eigenvalue weighted by Crippen LogP contribution is -2.05. The van der Waals surface area contributed by atoms with Gasteiger partial charge in [0.15, 0.2) is 4.34 Å². The van der Waals surface area contributed by atoms with E-state index in [1.165, 1.54) is 23.8 Å². The molecule has 0 aliphatic heterocycles. The molecule has 3 rings (SSSR count). The topological polar surface area (TPSA) is 66.9 Å². The first-order chi connectivity index (χ1) is 11.7. The Morgan fingerprint density at radius 3 is 2.67 bits per heavy atom. The van der Waals surface area contributed by atoms with Crippen LogP contribution < -0.4 is 10.6 Å². The van der Waals surface area contributed by atoms with Gasteiger partial charge in [0, 0.05) is 24.1 Å². The van der Waals surface area contributed by atoms with Crippen molar-refractivity contribution < 1.29 is 4.79 Å². The predicted octanol–water partition coefficient (Wildman–Crippen LogP) is 4.53. The molecule has 0 fully saturated rings. The van der Waals surface area contributed by atoms with Gasteiger partial charge < -0.3 is 10.6 Å². The van der Waals surface area contributed by atoms with Crippen LogP contribution in [0.2, 0.25) is 0 Å². The minimum atomic E-state index is -0.0948. The highest BCUT2D eigenvalue weighted by Crippen LogP contribution is 2.30. The maximum Gasteiger partial charge on any atom is 0.221 e. The van der Waals surface area contributed by atoms with E-state index >= 15 is 0 Å². The maximum atomic E-state index is 11.1. The third-order valence-electron chi connectivity index (χ3n) is 3.05. The molecule has 122 valence electrons. The van der Waals surface area contributed by atoms with E-state index in [9.17, 15) is 4.79 Å². The summed E-state index contributed by atoms with van der Waals surface area (Å²) in [6.07, 6.45) is 0. The van der Waals surface area contributed by atoms with Crippen molar-refractivity contribution in [1.82, 2.24) is 10.2 Å². The molecule has 0 saturated heterocycles. The minimum absolute atomic E-state index is 0.0948. The average molecular weight is 356 g/mol. The third-order valence-corrected chi connectivity index (χ3v) is 5.09. The molecule has 0 aliphatic rings. The zero-order chi connectivity index (χ0) is 16.8. The number of rotatable bonds is 6. The molecule has 0 radical (unpaired) electrons. The highest BCUT2D eigenvalue weighted by molar-refractivity contribution is 8.00. The highest BCUT2D eigenvalue weighted by atomic mass is 32.2. The molecule has 0 unspecified atom stereocenters. The van der Waals surface area contributed by atoms with Gasteiger partial charge in [-0.15, -0.1) is 10.2 Å². The maximum absolute atomic E-state index is 11.1. The van der Waals surface area contributed by atoms with Gasteiger partial charge in [-0.3, -0.25) is 4.79 Å². The SMILES string of the molecule is CC(=O)Nc1cccc(Nc2nnc(SCc3ccccc3)s2)c1. The molecule has 0 saturated carbocycles. The summed E-state index contributed by atoms with van der Waals surface area (Å²) in [6, 6.07) is 17.8. The Balaban J connectivity index is 1.60. The predicted molar refractivity (Wildman–Crippen MR) is 99.9 cm³/mol. The standard InChI is InChI=1S/C17H16N4OS2/c1-12(22)18-14-8-5-9-15(10-14)19-16-20-21-17(24-16)23-11-13-6-3-2-4-7-13/h2-10H,11H2,1H3,(H,18,22)(H,19,20). The molecule has 5 nitrogen and oxygen atoms in total. The van der Waals surface area contributed by atoms with E-state index in [2.05, 4.69) is 33.0 Å². The van der Waals surface area contributed by atoms with Crippen LogP contribution in [0.25, 0.3) is 0 Å². The van der Waals surface area contributed by atoms with Crippen LogP contribution in [0.15, 0.2) is 58.9 Å². The molecule has 0 spiro atoms. The number of hydrogen-bond donors (Lipinski definition) is 2. The summed E-state index contributed by atoms with van der Waals surface area (Å²) in [5.74, 6) is 0.774. The molecule has 1 amide bonds. The van der Waals surface area contributed by atoms with E-state index in [-0.39, 0.29) is 5.91 Å². The normalized spacial score (nSPS) is 10.4. The lowest BCUT2D eigenvalue weighted by molar-refractivity contribution is -0.114. The van der Waals surface area contributed by atoms with Gasteiger partial charge in [0.2, 0.25) is 11.0 Å². The van der Waals surface area contributed by atoms with Crippen LogP contribution in [0.3, 0.4) is 0 Å². The van der Waals surface area contributed by atoms with Gasteiger partial charge in [0.05, 0.1) is 0 Å². The van der Waals surface area contributed by atoms with Crippen molar-refractivity contribution in [2.24, 2.45) is 0 Å². The fourth-order valence-electron chi connectivity index (χ4n) is 2.04. The van der Waals surface area contributed by atoms with Gasteiger partial charge >= 0.3 is 0 Å². The van der Waals surface area contributed by atoms with E-state index in [1.54, 1.807) is 11.8 Å². The Bertz CT molecular complexity index is 820. The number of aromatic nitrogens is 2. The van der Waals surface area contributed by atoms with E-state index in [0.29, 0.717) is 0 Å². The Labute approximate surface area is 148 Å². The first-order valence-electron chi connectivity index (χ1n) is 7.34. The second kappa shape index (κ2) is 7.94. The van der Waals surface area contributed by atoms with Crippen LogP contribution in [-0.2, 0) is 10.5 Å². The van der Waals surface area contributed by atoms with Crippen molar-refractivity contribution in [3.05, 3.63) is 60.2 Å². The van der Waals surface area contributed by atoms with E-state index in [0.717, 1.165) is 26.6 Å². The number of nitrogens with zero attached hydrogens (tertiary/aromatic N) is 2. The van der Waals surface area contributed by atoms with E-state index in [4.69, 9.17) is 0 Å². The molecule has 1 aromatic heterocycles. The number of thioether (sulfide) groups is 1. The van der Waals surface area contributed by atoms with E-state index < -0.39 is 0 Å². The molecule has 24 heavy (non-hydrogen) atoms. The van der Waals surface area contributed by atoms with Crippen LogP contribution >= 0.6 is 23.1 Å². The summed E-state index contributed by atoms with van der Waals surface area (Å²) in [6.45, 7) is 1.49. The first kappa shape index (κ1) is 16.5. The molecule has 0 aliphatic carbocycles. The highest BCUT2D eigenvalue weighted by Gasteiger charge is 2.06. The lowest BCUT2D eigenvalue weighted by Gasteiger charge is -2.05. The summed E-state index contributed by atoms with van der Waals surface area (Å²) < 4.78 is 0.916. The molecule has 0 bridgehead atoms. The smallest absolute Gasteiger partial charge is 0.221 e. The summed E-state index contributed by atoms with van der Waals surface area (Å²) in [5, 5.41) is 15.1. The molecule has 3 aromatic rings. The Kier molecular flexibility index (Phi) is 5.45. The lowest BCUT2D eigenvalue weighted by atomic mass is 10.2. The van der Waals surface area contributed by atoms with Crippen molar-refractivity contribution in [3.63, 3.8) is 0 Å². The van der Waals surface area contributed by atoms with Crippen molar-refractivity contribution in [2.45, 2.75) is 17.0 Å². The molecule has 2 N–H and O–H groups in total. The summed E-state index contributed by atoms with van der Waals surface area (Å²) >= 11 is 3.17. The molecular weight excluding hydrogens is 340 g/mol. The van der Waals surface area contributed by atoms with Crippen molar-refractivity contribution in [2.75, 3.05) is 10.6 Å². The summed E-state index contributed by atoms with van der Waals surface area (Å²) in [4.78, 5) is 11.1. The van der Waals surface area contributed by atoms with Crippen molar-refractivity contribution in [3.8, 4) is 0 Å². The van der Waals surface area contributed by atoms with Crippen LogP contribution in [-0.4, -0.2) is 16.1 Å². The second-order valence-corrected chi connectivity index (χ2v) is 7.23. The molecule has 2 aromatic carbocycles. The monoisotopic (exact) mass is 356 g/mol. The quantitative estimate of drug-likeness (QED) is 0.635. The van der Waals surface area contributed by atoms with Gasteiger partial charge in [0.25, 0.3) is 0 Å². The van der Waals surface area contributed by atoms with Crippen LogP contribution in [0.4, 0.5) is 16.5 Å². The first-order valence-corrected chi connectivity index (χ1v) is 9.14. The van der Waals surface area contributed by atoms with Gasteiger partial charge in [-0.25, -0.2) is 0 Å². The average Bonchev–Trinajstić information content (AvgIpc) is 3.01. The number of amides is 1. The number of carbonyl (C=O) groups is 1. The molecule has 1 heterocycles.